The molecule has 3 rings (SSSR count). The van der Waals surface area contributed by atoms with Crippen LogP contribution >= 0.6 is 15.9 Å². The average molecular weight is 366 g/mol. The third-order valence-electron chi connectivity index (χ3n) is 4.49. The summed E-state index contributed by atoms with van der Waals surface area (Å²) in [6, 6.07) is 8.36. The van der Waals surface area contributed by atoms with E-state index in [-0.39, 0.29) is 5.91 Å². The third-order valence-corrected chi connectivity index (χ3v) is 5.19. The Bertz CT molecular complexity index is 510. The second-order valence-corrected chi connectivity index (χ2v) is 7.28. The van der Waals surface area contributed by atoms with Crippen LogP contribution in [0.4, 0.5) is 5.69 Å². The molecule has 2 N–H and O–H groups in total. The Hall–Kier alpha value is -0.910. The molecule has 120 valence electrons. The number of amides is 1. The van der Waals surface area contributed by atoms with Crippen LogP contribution in [0.25, 0.3) is 0 Å². The highest BCUT2D eigenvalue weighted by Gasteiger charge is 2.25. The Morgan fingerprint density at radius 1 is 1.18 bits per heavy atom. The van der Waals surface area contributed by atoms with Crippen molar-refractivity contribution in [3.05, 3.63) is 28.7 Å². The van der Waals surface area contributed by atoms with Crippen molar-refractivity contribution in [2.24, 2.45) is 5.92 Å². The molecule has 4 nitrogen and oxygen atoms in total. The molecule has 1 aromatic carbocycles. The fourth-order valence-electron chi connectivity index (χ4n) is 2.91. The second-order valence-electron chi connectivity index (χ2n) is 6.43. The van der Waals surface area contributed by atoms with Crippen LogP contribution < -0.4 is 10.6 Å². The number of nitrogens with one attached hydrogen (secondary N) is 2. The van der Waals surface area contributed by atoms with Crippen molar-refractivity contribution in [2.75, 3.05) is 31.5 Å². The van der Waals surface area contributed by atoms with Gasteiger partial charge in [0.25, 0.3) is 0 Å². The molecule has 0 aromatic heterocycles. The molecular weight excluding hydrogens is 342 g/mol. The molecule has 0 bridgehead atoms. The zero-order valence-corrected chi connectivity index (χ0v) is 14.4. The van der Waals surface area contributed by atoms with Crippen LogP contribution in [-0.2, 0) is 4.79 Å². The van der Waals surface area contributed by atoms with Crippen molar-refractivity contribution in [1.29, 1.82) is 0 Å². The molecule has 1 aliphatic heterocycles. The maximum Gasteiger partial charge on any atom is 0.238 e. The molecule has 0 atom stereocenters. The van der Waals surface area contributed by atoms with E-state index in [1.54, 1.807) is 0 Å². The lowest BCUT2D eigenvalue weighted by Gasteiger charge is -2.32. The maximum absolute atomic E-state index is 12.1. The Balaban J connectivity index is 1.38. The lowest BCUT2D eigenvalue weighted by Crippen LogP contribution is -2.45. The lowest BCUT2D eigenvalue weighted by atomic mass is 10.0. The number of para-hydroxylation sites is 1. The van der Waals surface area contributed by atoms with E-state index >= 15 is 0 Å². The number of anilines is 1. The average Bonchev–Trinajstić information content (AvgIpc) is 3.33. The van der Waals surface area contributed by atoms with Crippen LogP contribution in [0.5, 0.6) is 0 Å². The third kappa shape index (κ3) is 4.80. The Kier molecular flexibility index (Phi) is 5.50. The van der Waals surface area contributed by atoms with Gasteiger partial charge < -0.3 is 10.6 Å². The highest BCUT2D eigenvalue weighted by molar-refractivity contribution is 9.10. The summed E-state index contributed by atoms with van der Waals surface area (Å²) in [6.07, 6.45) is 5.10. The number of piperidine rings is 1. The van der Waals surface area contributed by atoms with Gasteiger partial charge in [0.15, 0.2) is 0 Å². The second kappa shape index (κ2) is 7.57. The number of nitrogens with zero attached hydrogens (tertiary/aromatic N) is 1. The summed E-state index contributed by atoms with van der Waals surface area (Å²) in [7, 11) is 0. The zero-order valence-electron chi connectivity index (χ0n) is 12.9. The van der Waals surface area contributed by atoms with Gasteiger partial charge in [0, 0.05) is 23.6 Å². The number of carbonyl (C=O) groups is 1. The standard InChI is InChI=1S/C17H24BrN3O/c18-15-3-1-2-4-16(15)20-17(22)12-21-9-7-14(8-10-21)19-11-13-5-6-13/h1-4,13-14,19H,5-12H2,(H,20,22). The molecule has 2 aliphatic rings. The molecule has 22 heavy (non-hydrogen) atoms. The first-order valence-corrected chi connectivity index (χ1v) is 9.00. The molecule has 1 amide bonds. The predicted molar refractivity (Wildman–Crippen MR) is 93.0 cm³/mol. The first-order chi connectivity index (χ1) is 10.7. The monoisotopic (exact) mass is 365 g/mol. The smallest absolute Gasteiger partial charge is 0.238 e. The van der Waals surface area contributed by atoms with E-state index in [4.69, 9.17) is 0 Å². The van der Waals surface area contributed by atoms with Crippen LogP contribution in [-0.4, -0.2) is 43.0 Å². The number of benzene rings is 1. The Labute approximate surface area is 140 Å². The molecule has 1 saturated carbocycles. The van der Waals surface area contributed by atoms with Gasteiger partial charge in [-0.05, 0) is 66.2 Å². The van der Waals surface area contributed by atoms with Crippen LogP contribution in [0.15, 0.2) is 28.7 Å². The number of likely N-dealkylation sites (tertiary alicyclic amines) is 1. The van der Waals surface area contributed by atoms with Crippen LogP contribution in [0.2, 0.25) is 0 Å². The Morgan fingerprint density at radius 3 is 2.59 bits per heavy atom. The maximum atomic E-state index is 12.1. The molecule has 5 heteroatoms. The number of hydrogen-bond donors (Lipinski definition) is 2. The van der Waals surface area contributed by atoms with E-state index in [0.29, 0.717) is 12.6 Å². The first-order valence-electron chi connectivity index (χ1n) is 8.21. The van der Waals surface area contributed by atoms with E-state index in [1.807, 2.05) is 24.3 Å². The van der Waals surface area contributed by atoms with Crippen molar-refractivity contribution in [3.63, 3.8) is 0 Å². The van der Waals surface area contributed by atoms with Gasteiger partial charge in [-0.3, -0.25) is 9.69 Å². The number of hydrogen-bond acceptors (Lipinski definition) is 3. The highest BCUT2D eigenvalue weighted by Crippen LogP contribution is 2.28. The fraction of sp³-hybridized carbons (Fsp3) is 0.588. The first kappa shape index (κ1) is 16.0. The number of halogens is 1. The molecule has 1 saturated heterocycles. The minimum absolute atomic E-state index is 0.0660. The summed E-state index contributed by atoms with van der Waals surface area (Å²) in [5.74, 6) is 1.00. The summed E-state index contributed by atoms with van der Waals surface area (Å²) >= 11 is 3.46. The van der Waals surface area contributed by atoms with Crippen molar-refractivity contribution in [2.45, 2.75) is 31.7 Å². The number of carbonyl (C=O) groups excluding carboxylic acids is 1. The molecule has 0 radical (unpaired) electrons. The van der Waals surface area contributed by atoms with Crippen molar-refractivity contribution < 1.29 is 4.79 Å². The lowest BCUT2D eigenvalue weighted by molar-refractivity contribution is -0.117. The molecule has 1 aliphatic carbocycles. The van der Waals surface area contributed by atoms with Crippen molar-refractivity contribution >= 4 is 27.5 Å². The summed E-state index contributed by atoms with van der Waals surface area (Å²) in [6.45, 7) is 3.68. The largest absolute Gasteiger partial charge is 0.324 e. The zero-order chi connectivity index (χ0) is 15.4. The van der Waals surface area contributed by atoms with Crippen LogP contribution in [0, 0.1) is 5.92 Å². The minimum atomic E-state index is 0.0660. The van der Waals surface area contributed by atoms with Gasteiger partial charge in [0.1, 0.15) is 0 Å². The summed E-state index contributed by atoms with van der Waals surface area (Å²) in [5.41, 5.74) is 0.841. The van der Waals surface area contributed by atoms with Gasteiger partial charge in [0.2, 0.25) is 5.91 Å². The van der Waals surface area contributed by atoms with Crippen molar-refractivity contribution in [3.8, 4) is 0 Å². The van der Waals surface area contributed by atoms with E-state index in [0.717, 1.165) is 42.0 Å². The van der Waals surface area contributed by atoms with Gasteiger partial charge >= 0.3 is 0 Å². The molecule has 1 aromatic rings. The van der Waals surface area contributed by atoms with Gasteiger partial charge in [0.05, 0.1) is 12.2 Å². The molecule has 1 heterocycles. The summed E-state index contributed by atoms with van der Waals surface area (Å²) < 4.78 is 0.923. The van der Waals surface area contributed by atoms with E-state index in [2.05, 4.69) is 31.5 Å². The highest BCUT2D eigenvalue weighted by atomic mass is 79.9. The fourth-order valence-corrected chi connectivity index (χ4v) is 3.29. The SMILES string of the molecule is O=C(CN1CCC(NCC2CC2)CC1)Nc1ccccc1Br. The summed E-state index contributed by atoms with van der Waals surface area (Å²) in [4.78, 5) is 14.4. The van der Waals surface area contributed by atoms with Gasteiger partial charge in [-0.25, -0.2) is 0 Å². The Morgan fingerprint density at radius 2 is 1.91 bits per heavy atom. The van der Waals surface area contributed by atoms with E-state index in [1.165, 1.54) is 19.4 Å². The topological polar surface area (TPSA) is 44.4 Å². The predicted octanol–water partition coefficient (Wildman–Crippen LogP) is 2.85. The molecular formula is C17H24BrN3O. The van der Waals surface area contributed by atoms with Crippen molar-refractivity contribution in [1.82, 2.24) is 10.2 Å². The normalized spacial score (nSPS) is 20.0. The van der Waals surface area contributed by atoms with Gasteiger partial charge in [-0.15, -0.1) is 0 Å². The summed E-state index contributed by atoms with van der Waals surface area (Å²) in [5, 5.41) is 6.65. The van der Waals surface area contributed by atoms with E-state index < -0.39 is 0 Å². The van der Waals surface area contributed by atoms with Gasteiger partial charge in [-0.1, -0.05) is 12.1 Å². The van der Waals surface area contributed by atoms with Gasteiger partial charge in [-0.2, -0.15) is 0 Å². The van der Waals surface area contributed by atoms with Crippen LogP contribution in [0.1, 0.15) is 25.7 Å². The molecule has 2 fully saturated rings. The molecule has 0 spiro atoms. The minimum Gasteiger partial charge on any atom is -0.324 e. The van der Waals surface area contributed by atoms with E-state index in [9.17, 15) is 4.79 Å². The number of rotatable bonds is 6. The quantitative estimate of drug-likeness (QED) is 0.814. The van der Waals surface area contributed by atoms with Crippen LogP contribution in [0.3, 0.4) is 0 Å². The molecule has 0 unspecified atom stereocenters.